The molecule has 3 heterocycles. The normalized spacial score (nSPS) is 15.8. The maximum atomic E-state index is 13.1. The van der Waals surface area contributed by atoms with Crippen molar-refractivity contribution in [3.8, 4) is 0 Å². The monoisotopic (exact) mass is 476 g/mol. The third-order valence-corrected chi connectivity index (χ3v) is 7.53. The van der Waals surface area contributed by atoms with Crippen LogP contribution in [0.15, 0.2) is 39.1 Å². The molecule has 1 amide bonds. The molecule has 0 atom stereocenters. The Hall–Kier alpha value is -2.72. The second-order valence-corrected chi connectivity index (χ2v) is 9.92. The summed E-state index contributed by atoms with van der Waals surface area (Å²) < 4.78 is 3.28. The second-order valence-electron chi connectivity index (χ2n) is 8.46. The van der Waals surface area contributed by atoms with Crippen LogP contribution in [0.4, 0.5) is 10.7 Å². The lowest BCUT2D eigenvalue weighted by Gasteiger charge is -2.40. The first-order valence-electron chi connectivity index (χ1n) is 10.2. The van der Waals surface area contributed by atoms with E-state index in [2.05, 4.69) is 27.2 Å². The lowest BCUT2D eigenvalue weighted by atomic mass is 9.80. The van der Waals surface area contributed by atoms with Crippen LogP contribution in [0.2, 0.25) is 5.02 Å². The maximum absolute atomic E-state index is 13.1. The van der Waals surface area contributed by atoms with E-state index in [0.29, 0.717) is 35.5 Å². The van der Waals surface area contributed by atoms with Crippen LogP contribution < -0.4 is 15.8 Å². The van der Waals surface area contributed by atoms with Gasteiger partial charge in [0.15, 0.2) is 0 Å². The van der Waals surface area contributed by atoms with Crippen molar-refractivity contribution in [3.05, 3.63) is 39.9 Å². The van der Waals surface area contributed by atoms with E-state index in [4.69, 9.17) is 16.7 Å². The fourth-order valence-electron chi connectivity index (χ4n) is 3.95. The first-order valence-corrected chi connectivity index (χ1v) is 11.4. The van der Waals surface area contributed by atoms with Crippen molar-refractivity contribution < 1.29 is 9.90 Å². The molecule has 3 aromatic rings. The highest BCUT2D eigenvalue weighted by Gasteiger charge is 2.32. The number of aromatic nitrogens is 4. The van der Waals surface area contributed by atoms with Gasteiger partial charge < -0.3 is 15.3 Å². The minimum atomic E-state index is -1.01. The van der Waals surface area contributed by atoms with E-state index in [0.717, 1.165) is 28.6 Å². The highest BCUT2D eigenvalue weighted by atomic mass is 35.5. The van der Waals surface area contributed by atoms with Crippen LogP contribution in [0, 0.1) is 5.41 Å². The van der Waals surface area contributed by atoms with Crippen molar-refractivity contribution >= 4 is 46.3 Å². The molecule has 4 rings (SSSR count). The summed E-state index contributed by atoms with van der Waals surface area (Å²) in [4.78, 5) is 31.8. The van der Waals surface area contributed by atoms with E-state index >= 15 is 0 Å². The molecule has 2 aromatic heterocycles. The number of hydrogen-bond donors (Lipinski definition) is 2. The number of piperidine rings is 1. The molecule has 32 heavy (non-hydrogen) atoms. The Bertz CT molecular complexity index is 1230. The van der Waals surface area contributed by atoms with Crippen molar-refractivity contribution in [2.75, 3.05) is 24.5 Å². The first-order chi connectivity index (χ1) is 15.2. The molecule has 1 aliphatic heterocycles. The molecule has 0 spiro atoms. The van der Waals surface area contributed by atoms with Gasteiger partial charge in [-0.25, -0.2) is 9.78 Å². The van der Waals surface area contributed by atoms with Gasteiger partial charge in [0.05, 0.1) is 21.6 Å². The molecule has 1 aliphatic rings. The number of carboxylic acid groups (broad SMARTS) is 1. The van der Waals surface area contributed by atoms with Crippen molar-refractivity contribution in [2.45, 2.75) is 29.6 Å². The Kier molecular flexibility index (Phi) is 6.09. The van der Waals surface area contributed by atoms with Crippen LogP contribution in [-0.2, 0) is 14.1 Å². The van der Waals surface area contributed by atoms with Crippen LogP contribution >= 0.6 is 23.4 Å². The topological polar surface area (TPSA) is 105 Å². The number of aryl methyl sites for hydroxylation is 1. The number of nitrogens with one attached hydrogen (secondary N) is 1. The quantitative estimate of drug-likeness (QED) is 0.581. The summed E-state index contributed by atoms with van der Waals surface area (Å²) in [6, 6.07) is 3.76. The van der Waals surface area contributed by atoms with Crippen LogP contribution in [0.1, 0.15) is 19.8 Å². The number of anilines is 1. The SMILES string of the molecule is Cn1cc2c(Cl)c(Sc3cnc(N4CCC(C)(CNC(=O)O)CC4)n(C)c3=O)ccc2n1. The van der Waals surface area contributed by atoms with E-state index in [9.17, 15) is 9.59 Å². The van der Waals surface area contributed by atoms with E-state index in [1.54, 1.807) is 22.5 Å². The Labute approximate surface area is 194 Å². The highest BCUT2D eigenvalue weighted by molar-refractivity contribution is 7.99. The van der Waals surface area contributed by atoms with Gasteiger partial charge in [0, 0.05) is 50.2 Å². The Morgan fingerprint density at radius 3 is 2.69 bits per heavy atom. The number of benzene rings is 1. The molecule has 1 saturated heterocycles. The Morgan fingerprint density at radius 1 is 1.28 bits per heavy atom. The fourth-order valence-corrected chi connectivity index (χ4v) is 5.17. The van der Waals surface area contributed by atoms with Crippen LogP contribution in [-0.4, -0.2) is 50.2 Å². The van der Waals surface area contributed by atoms with Gasteiger partial charge in [-0.3, -0.25) is 14.0 Å². The number of nitrogens with zero attached hydrogens (tertiary/aromatic N) is 5. The lowest BCUT2D eigenvalue weighted by Crippen LogP contribution is -2.46. The van der Waals surface area contributed by atoms with E-state index in [1.165, 1.54) is 11.8 Å². The molecule has 11 heteroatoms. The van der Waals surface area contributed by atoms with Gasteiger partial charge in [0.2, 0.25) is 5.95 Å². The van der Waals surface area contributed by atoms with Gasteiger partial charge in [-0.1, -0.05) is 30.3 Å². The van der Waals surface area contributed by atoms with Gasteiger partial charge in [-0.2, -0.15) is 5.10 Å². The first kappa shape index (κ1) is 22.5. The zero-order chi connectivity index (χ0) is 23.0. The van der Waals surface area contributed by atoms with Crippen molar-refractivity contribution in [1.82, 2.24) is 24.6 Å². The van der Waals surface area contributed by atoms with E-state index < -0.39 is 6.09 Å². The number of fused-ring (bicyclic) bond motifs is 1. The standard InChI is InChI=1S/C21H25ClN6O3S/c1-21(12-24-20(30)31)6-8-28(9-7-21)19-23-10-16(18(29)27(19)3)32-15-5-4-14-13(17(15)22)11-26(2)25-14/h4-5,10-11,24H,6-9,12H2,1-3H3,(H,30,31). The second kappa shape index (κ2) is 8.67. The summed E-state index contributed by atoms with van der Waals surface area (Å²) >= 11 is 7.86. The molecule has 0 aliphatic carbocycles. The Balaban J connectivity index is 1.52. The maximum Gasteiger partial charge on any atom is 0.404 e. The highest BCUT2D eigenvalue weighted by Crippen LogP contribution is 2.37. The number of rotatable bonds is 5. The average molecular weight is 477 g/mol. The predicted octanol–water partition coefficient (Wildman–Crippen LogP) is 3.35. The summed E-state index contributed by atoms with van der Waals surface area (Å²) in [7, 11) is 3.56. The molecule has 1 fully saturated rings. The third kappa shape index (κ3) is 4.42. The molecule has 0 bridgehead atoms. The van der Waals surface area contributed by atoms with Crippen LogP contribution in [0.3, 0.4) is 0 Å². The minimum absolute atomic E-state index is 0.106. The number of amides is 1. The average Bonchev–Trinajstić information content (AvgIpc) is 3.14. The minimum Gasteiger partial charge on any atom is -0.465 e. The molecule has 0 unspecified atom stereocenters. The summed E-state index contributed by atoms with van der Waals surface area (Å²) in [6.07, 6.45) is 4.07. The van der Waals surface area contributed by atoms with Crippen molar-refractivity contribution in [2.24, 2.45) is 19.5 Å². The zero-order valence-corrected chi connectivity index (χ0v) is 19.7. The molecular formula is C21H25ClN6O3S. The fraction of sp³-hybridized carbons (Fsp3) is 0.429. The van der Waals surface area contributed by atoms with Gasteiger partial charge in [0.25, 0.3) is 5.56 Å². The van der Waals surface area contributed by atoms with E-state index in [1.807, 2.05) is 25.4 Å². The predicted molar refractivity (Wildman–Crippen MR) is 125 cm³/mol. The largest absolute Gasteiger partial charge is 0.465 e. The summed E-state index contributed by atoms with van der Waals surface area (Å²) in [5.74, 6) is 0.612. The Morgan fingerprint density at radius 2 is 2.00 bits per heavy atom. The summed E-state index contributed by atoms with van der Waals surface area (Å²) in [6.45, 7) is 3.90. The zero-order valence-electron chi connectivity index (χ0n) is 18.1. The van der Waals surface area contributed by atoms with Gasteiger partial charge >= 0.3 is 6.09 Å². The van der Waals surface area contributed by atoms with Gasteiger partial charge in [-0.05, 0) is 30.4 Å². The number of carbonyl (C=O) groups is 1. The lowest BCUT2D eigenvalue weighted by molar-refractivity contribution is 0.178. The van der Waals surface area contributed by atoms with E-state index in [-0.39, 0.29) is 11.0 Å². The van der Waals surface area contributed by atoms with Crippen molar-refractivity contribution in [3.63, 3.8) is 0 Å². The molecule has 170 valence electrons. The third-order valence-electron chi connectivity index (χ3n) is 5.96. The molecule has 2 N–H and O–H groups in total. The summed E-state index contributed by atoms with van der Waals surface area (Å²) in [5, 5.41) is 17.1. The van der Waals surface area contributed by atoms with Gasteiger partial charge in [0.1, 0.15) is 0 Å². The van der Waals surface area contributed by atoms with Gasteiger partial charge in [-0.15, -0.1) is 0 Å². The molecule has 9 nitrogen and oxygen atoms in total. The molecular weight excluding hydrogens is 452 g/mol. The summed E-state index contributed by atoms with van der Waals surface area (Å²) in [5.41, 5.74) is 0.563. The van der Waals surface area contributed by atoms with Crippen molar-refractivity contribution in [1.29, 1.82) is 0 Å². The molecule has 1 aromatic carbocycles. The molecule has 0 saturated carbocycles. The molecule has 0 radical (unpaired) electrons. The smallest absolute Gasteiger partial charge is 0.404 e. The number of hydrogen-bond acceptors (Lipinski definition) is 6. The number of halogens is 1. The van der Waals surface area contributed by atoms with Crippen LogP contribution in [0.25, 0.3) is 10.9 Å². The van der Waals surface area contributed by atoms with Crippen LogP contribution in [0.5, 0.6) is 0 Å².